The summed E-state index contributed by atoms with van der Waals surface area (Å²) in [7, 11) is 1.74. The van der Waals surface area contributed by atoms with E-state index in [2.05, 4.69) is 18.7 Å². The van der Waals surface area contributed by atoms with Crippen LogP contribution in [0.3, 0.4) is 0 Å². The highest BCUT2D eigenvalue weighted by Gasteiger charge is 2.29. The zero-order chi connectivity index (χ0) is 12.0. The van der Waals surface area contributed by atoms with E-state index in [1.165, 1.54) is 19.3 Å². The Hall–Kier alpha value is -0.120. The van der Waals surface area contributed by atoms with Gasteiger partial charge >= 0.3 is 0 Å². The van der Waals surface area contributed by atoms with E-state index in [-0.39, 0.29) is 6.10 Å². The number of rotatable bonds is 5. The summed E-state index contributed by atoms with van der Waals surface area (Å²) in [6, 6.07) is 0.727. The Kier molecular flexibility index (Phi) is 6.32. The van der Waals surface area contributed by atoms with Crippen LogP contribution in [0.1, 0.15) is 46.0 Å². The van der Waals surface area contributed by atoms with Gasteiger partial charge in [-0.1, -0.05) is 26.2 Å². The first-order chi connectivity index (χ1) is 7.70. The van der Waals surface area contributed by atoms with Gasteiger partial charge in [-0.25, -0.2) is 0 Å². The third-order valence-corrected chi connectivity index (χ3v) is 3.71. The number of hydrogen-bond donors (Lipinski definition) is 1. The third kappa shape index (κ3) is 3.72. The van der Waals surface area contributed by atoms with Crippen LogP contribution in [0.2, 0.25) is 0 Å². The standard InChI is InChI=1S/C13H27NO2/c1-4-14(11(2)10-16-3)12-8-6-5-7-9-13(12)15/h11-13,15H,4-10H2,1-3H3. The summed E-state index contributed by atoms with van der Waals surface area (Å²) in [6.07, 6.45) is 5.63. The Labute approximate surface area is 99.8 Å². The lowest BCUT2D eigenvalue weighted by atomic mass is 10.0. The van der Waals surface area contributed by atoms with E-state index in [1.807, 2.05) is 0 Å². The van der Waals surface area contributed by atoms with Gasteiger partial charge in [0.05, 0.1) is 12.7 Å². The van der Waals surface area contributed by atoms with Crippen LogP contribution < -0.4 is 0 Å². The molecule has 1 N–H and O–H groups in total. The fourth-order valence-electron chi connectivity index (χ4n) is 2.87. The van der Waals surface area contributed by atoms with Gasteiger partial charge in [-0.3, -0.25) is 4.90 Å². The molecule has 3 atom stereocenters. The SMILES string of the molecule is CCN(C(C)COC)C1CCCCCC1O. The van der Waals surface area contributed by atoms with Gasteiger partial charge in [0.25, 0.3) is 0 Å². The maximum atomic E-state index is 10.2. The van der Waals surface area contributed by atoms with E-state index in [4.69, 9.17) is 4.74 Å². The minimum atomic E-state index is -0.151. The predicted molar refractivity (Wildman–Crippen MR) is 66.6 cm³/mol. The largest absolute Gasteiger partial charge is 0.391 e. The van der Waals surface area contributed by atoms with Crippen molar-refractivity contribution in [2.75, 3.05) is 20.3 Å². The quantitative estimate of drug-likeness (QED) is 0.732. The molecule has 0 amide bonds. The van der Waals surface area contributed by atoms with Crippen LogP contribution in [-0.2, 0) is 4.74 Å². The van der Waals surface area contributed by atoms with E-state index < -0.39 is 0 Å². The maximum Gasteiger partial charge on any atom is 0.0695 e. The highest BCUT2D eigenvalue weighted by Crippen LogP contribution is 2.23. The normalized spacial score (nSPS) is 29.1. The summed E-state index contributed by atoms with van der Waals surface area (Å²) < 4.78 is 5.22. The van der Waals surface area contributed by atoms with E-state index >= 15 is 0 Å². The topological polar surface area (TPSA) is 32.7 Å². The monoisotopic (exact) mass is 229 g/mol. The molecule has 0 aliphatic heterocycles. The molecule has 0 heterocycles. The second-order valence-corrected chi connectivity index (χ2v) is 4.91. The van der Waals surface area contributed by atoms with Crippen molar-refractivity contribution in [2.45, 2.75) is 64.1 Å². The maximum absolute atomic E-state index is 10.2. The molecule has 3 unspecified atom stereocenters. The lowest BCUT2D eigenvalue weighted by Crippen LogP contribution is -2.49. The second-order valence-electron chi connectivity index (χ2n) is 4.91. The highest BCUT2D eigenvalue weighted by atomic mass is 16.5. The van der Waals surface area contributed by atoms with E-state index in [1.54, 1.807) is 7.11 Å². The zero-order valence-corrected chi connectivity index (χ0v) is 11.0. The number of nitrogens with zero attached hydrogens (tertiary/aromatic N) is 1. The minimum absolute atomic E-state index is 0.151. The average Bonchev–Trinajstić information content (AvgIpc) is 2.46. The second kappa shape index (κ2) is 7.25. The highest BCUT2D eigenvalue weighted by molar-refractivity contribution is 4.84. The summed E-state index contributed by atoms with van der Waals surface area (Å²) in [5.41, 5.74) is 0. The lowest BCUT2D eigenvalue weighted by Gasteiger charge is -2.37. The molecule has 96 valence electrons. The van der Waals surface area contributed by atoms with Crippen LogP contribution in [0.5, 0.6) is 0 Å². The molecule has 1 rings (SSSR count). The first-order valence-electron chi connectivity index (χ1n) is 6.63. The molecule has 1 fully saturated rings. The summed E-state index contributed by atoms with van der Waals surface area (Å²) in [5, 5.41) is 10.2. The van der Waals surface area contributed by atoms with Crippen molar-refractivity contribution in [3.63, 3.8) is 0 Å². The molecule has 3 nitrogen and oxygen atoms in total. The van der Waals surface area contributed by atoms with Crippen molar-refractivity contribution >= 4 is 0 Å². The van der Waals surface area contributed by atoms with Crippen molar-refractivity contribution in [1.82, 2.24) is 4.90 Å². The van der Waals surface area contributed by atoms with Crippen LogP contribution >= 0.6 is 0 Å². The summed E-state index contributed by atoms with van der Waals surface area (Å²) in [4.78, 5) is 2.40. The molecule has 16 heavy (non-hydrogen) atoms. The Morgan fingerprint density at radius 1 is 1.31 bits per heavy atom. The number of hydrogen-bond acceptors (Lipinski definition) is 3. The van der Waals surface area contributed by atoms with Crippen molar-refractivity contribution in [3.8, 4) is 0 Å². The Balaban J connectivity index is 2.60. The van der Waals surface area contributed by atoms with Crippen LogP contribution in [-0.4, -0.2) is 48.5 Å². The molecule has 0 spiro atoms. The van der Waals surface area contributed by atoms with Gasteiger partial charge in [-0.05, 0) is 26.3 Å². The number of ether oxygens (including phenoxy) is 1. The summed E-state index contributed by atoms with van der Waals surface area (Å²) >= 11 is 0. The number of methoxy groups -OCH3 is 1. The molecule has 1 aliphatic rings. The van der Waals surface area contributed by atoms with Crippen molar-refractivity contribution < 1.29 is 9.84 Å². The summed E-state index contributed by atoms with van der Waals surface area (Å²) in [6.45, 7) is 6.09. The molecule has 0 radical (unpaired) electrons. The van der Waals surface area contributed by atoms with Crippen LogP contribution in [0.25, 0.3) is 0 Å². The number of likely N-dealkylation sites (N-methyl/N-ethyl adjacent to an activating group) is 1. The molecule has 1 saturated carbocycles. The van der Waals surface area contributed by atoms with Gasteiger partial charge in [0.15, 0.2) is 0 Å². The smallest absolute Gasteiger partial charge is 0.0695 e. The number of aliphatic hydroxyl groups excluding tert-OH is 1. The van der Waals surface area contributed by atoms with Gasteiger partial charge in [0.2, 0.25) is 0 Å². The van der Waals surface area contributed by atoms with E-state index in [9.17, 15) is 5.11 Å². The molecular formula is C13H27NO2. The first-order valence-corrected chi connectivity index (χ1v) is 6.63. The van der Waals surface area contributed by atoms with Gasteiger partial charge in [-0.15, -0.1) is 0 Å². The Morgan fingerprint density at radius 3 is 2.62 bits per heavy atom. The van der Waals surface area contributed by atoms with Crippen molar-refractivity contribution in [1.29, 1.82) is 0 Å². The number of aliphatic hydroxyl groups is 1. The molecule has 3 heteroatoms. The van der Waals surface area contributed by atoms with Crippen molar-refractivity contribution in [2.24, 2.45) is 0 Å². The molecule has 0 bridgehead atoms. The molecule has 0 aromatic carbocycles. The molecule has 0 saturated heterocycles. The first kappa shape index (κ1) is 13.9. The van der Waals surface area contributed by atoms with E-state index in [0.717, 1.165) is 26.0 Å². The van der Waals surface area contributed by atoms with Gasteiger partial charge < -0.3 is 9.84 Å². The van der Waals surface area contributed by atoms with Crippen LogP contribution in [0.15, 0.2) is 0 Å². The zero-order valence-electron chi connectivity index (χ0n) is 11.0. The van der Waals surface area contributed by atoms with Crippen molar-refractivity contribution in [3.05, 3.63) is 0 Å². The van der Waals surface area contributed by atoms with Gasteiger partial charge in [0.1, 0.15) is 0 Å². The fourth-order valence-corrected chi connectivity index (χ4v) is 2.87. The van der Waals surface area contributed by atoms with Gasteiger partial charge in [0, 0.05) is 19.2 Å². The van der Waals surface area contributed by atoms with E-state index in [0.29, 0.717) is 12.1 Å². The van der Waals surface area contributed by atoms with Crippen LogP contribution in [0, 0.1) is 0 Å². The Bertz CT molecular complexity index is 187. The predicted octanol–water partition coefficient (Wildman–Crippen LogP) is 2.04. The summed E-state index contributed by atoms with van der Waals surface area (Å²) in [5.74, 6) is 0. The lowest BCUT2D eigenvalue weighted by molar-refractivity contribution is 0.00482. The van der Waals surface area contributed by atoms with Gasteiger partial charge in [-0.2, -0.15) is 0 Å². The third-order valence-electron chi connectivity index (χ3n) is 3.71. The average molecular weight is 229 g/mol. The molecular weight excluding hydrogens is 202 g/mol. The minimum Gasteiger partial charge on any atom is -0.391 e. The fraction of sp³-hybridized carbons (Fsp3) is 1.00. The molecule has 1 aliphatic carbocycles. The Morgan fingerprint density at radius 2 is 2.00 bits per heavy atom. The van der Waals surface area contributed by atoms with Crippen LogP contribution in [0.4, 0.5) is 0 Å². The molecule has 0 aromatic heterocycles. The molecule has 0 aromatic rings.